The fourth-order valence-electron chi connectivity index (χ4n) is 3.14. The van der Waals surface area contributed by atoms with Crippen LogP contribution in [-0.4, -0.2) is 19.9 Å². The van der Waals surface area contributed by atoms with Crippen LogP contribution in [0.2, 0.25) is 0 Å². The van der Waals surface area contributed by atoms with Gasteiger partial charge in [0.05, 0.1) is 34.7 Å². The Hall–Kier alpha value is -3.47. The predicted molar refractivity (Wildman–Crippen MR) is 114 cm³/mol. The van der Waals surface area contributed by atoms with Crippen molar-refractivity contribution >= 4 is 5.69 Å². The van der Waals surface area contributed by atoms with Gasteiger partial charge in [0.25, 0.3) is 0 Å². The molecule has 0 amide bonds. The summed E-state index contributed by atoms with van der Waals surface area (Å²) >= 11 is 0. The summed E-state index contributed by atoms with van der Waals surface area (Å²) in [6.07, 6.45) is 1.68. The van der Waals surface area contributed by atoms with Crippen molar-refractivity contribution in [3.05, 3.63) is 72.3 Å². The first kappa shape index (κ1) is 17.9. The molecule has 0 saturated carbocycles. The Bertz CT molecular complexity index is 1110. The minimum absolute atomic E-state index is 0.291. The van der Waals surface area contributed by atoms with Crippen molar-refractivity contribution < 1.29 is 0 Å². The van der Waals surface area contributed by atoms with Crippen molar-refractivity contribution in [2.24, 2.45) is 0 Å². The number of anilines is 1. The number of aromatic amines is 1. The number of benzene rings is 1. The molecule has 0 spiro atoms. The van der Waals surface area contributed by atoms with Crippen molar-refractivity contribution in [1.82, 2.24) is 19.9 Å². The molecular weight excluding hydrogens is 346 g/mol. The van der Waals surface area contributed by atoms with Gasteiger partial charge >= 0.3 is 0 Å². The Balaban J connectivity index is 1.85. The van der Waals surface area contributed by atoms with Gasteiger partial charge in [0, 0.05) is 22.7 Å². The smallest absolute Gasteiger partial charge is 0.109 e. The number of pyridine rings is 2. The van der Waals surface area contributed by atoms with Crippen LogP contribution >= 0.6 is 0 Å². The lowest BCUT2D eigenvalue weighted by Crippen LogP contribution is -1.91. The van der Waals surface area contributed by atoms with Crippen molar-refractivity contribution in [2.45, 2.75) is 26.7 Å². The molecule has 0 atom stereocenters. The molecule has 0 radical (unpaired) electrons. The van der Waals surface area contributed by atoms with E-state index < -0.39 is 0 Å². The fraction of sp³-hybridized carbons (Fsp3) is 0.174. The highest BCUT2D eigenvalue weighted by Crippen LogP contribution is 2.33. The van der Waals surface area contributed by atoms with Gasteiger partial charge in [-0.25, -0.2) is 4.98 Å². The third-order valence-corrected chi connectivity index (χ3v) is 4.63. The van der Waals surface area contributed by atoms with Crippen LogP contribution in [0.1, 0.15) is 31.3 Å². The van der Waals surface area contributed by atoms with E-state index in [1.807, 2.05) is 49.4 Å². The Morgan fingerprint density at radius 1 is 0.893 bits per heavy atom. The number of rotatable bonds is 4. The second kappa shape index (κ2) is 7.27. The van der Waals surface area contributed by atoms with E-state index in [1.54, 1.807) is 6.20 Å². The van der Waals surface area contributed by atoms with Gasteiger partial charge in [-0.1, -0.05) is 38.1 Å². The molecule has 4 rings (SSSR count). The quantitative estimate of drug-likeness (QED) is 0.517. The molecule has 0 unspecified atom stereocenters. The van der Waals surface area contributed by atoms with E-state index in [9.17, 15) is 0 Å². The summed E-state index contributed by atoms with van der Waals surface area (Å²) in [6.45, 7) is 6.26. The summed E-state index contributed by atoms with van der Waals surface area (Å²) in [5, 5.41) is 0. The second-order valence-corrected chi connectivity index (χ2v) is 7.22. The summed E-state index contributed by atoms with van der Waals surface area (Å²) in [5.41, 5.74) is 13.1. The molecule has 5 heteroatoms. The second-order valence-electron chi connectivity index (χ2n) is 7.22. The topological polar surface area (TPSA) is 80.5 Å². The zero-order chi connectivity index (χ0) is 19.7. The number of hydrogen-bond acceptors (Lipinski definition) is 4. The minimum Gasteiger partial charge on any atom is -0.397 e. The molecule has 0 saturated heterocycles. The molecule has 0 aliphatic heterocycles. The van der Waals surface area contributed by atoms with E-state index in [4.69, 9.17) is 15.7 Å². The molecule has 3 N–H and O–H groups in total. The summed E-state index contributed by atoms with van der Waals surface area (Å²) in [6, 6.07) is 18.1. The van der Waals surface area contributed by atoms with E-state index in [0.717, 1.165) is 45.4 Å². The summed E-state index contributed by atoms with van der Waals surface area (Å²) in [7, 11) is 0. The number of hydrogen-bond donors (Lipinski definition) is 2. The molecule has 0 aliphatic rings. The number of nitrogens with zero attached hydrogens (tertiary/aromatic N) is 3. The van der Waals surface area contributed by atoms with Crippen LogP contribution in [0.25, 0.3) is 33.9 Å². The molecule has 0 fully saturated rings. The third-order valence-electron chi connectivity index (χ3n) is 4.63. The van der Waals surface area contributed by atoms with Gasteiger partial charge in [-0.2, -0.15) is 0 Å². The number of nitrogens with one attached hydrogen (secondary N) is 1. The first-order valence-electron chi connectivity index (χ1n) is 9.37. The maximum atomic E-state index is 5.77. The van der Waals surface area contributed by atoms with E-state index in [1.165, 1.54) is 0 Å². The van der Waals surface area contributed by atoms with E-state index in [0.29, 0.717) is 11.6 Å². The molecular formula is C23H23N5. The average molecular weight is 369 g/mol. The molecule has 5 nitrogen and oxygen atoms in total. The average Bonchev–Trinajstić information content (AvgIpc) is 3.15. The van der Waals surface area contributed by atoms with Crippen molar-refractivity contribution in [1.29, 1.82) is 0 Å². The van der Waals surface area contributed by atoms with Gasteiger partial charge in [-0.15, -0.1) is 0 Å². The zero-order valence-electron chi connectivity index (χ0n) is 16.3. The Labute approximate surface area is 164 Å². The first-order valence-corrected chi connectivity index (χ1v) is 9.37. The lowest BCUT2D eigenvalue weighted by molar-refractivity contribution is 0.795. The fourth-order valence-corrected chi connectivity index (χ4v) is 3.14. The highest BCUT2D eigenvalue weighted by molar-refractivity contribution is 5.79. The lowest BCUT2D eigenvalue weighted by Gasteiger charge is -2.06. The SMILES string of the molecule is Cc1cccc(-c2[nH]c(C(C)C)nc2-c2cccc(-c3ccc(N)cn3)c2)n1. The Kier molecular flexibility index (Phi) is 4.65. The monoisotopic (exact) mass is 369 g/mol. The van der Waals surface area contributed by atoms with Crippen LogP contribution in [0.15, 0.2) is 60.8 Å². The van der Waals surface area contributed by atoms with Crippen molar-refractivity contribution in [2.75, 3.05) is 5.73 Å². The number of H-pyrrole nitrogens is 1. The summed E-state index contributed by atoms with van der Waals surface area (Å²) in [4.78, 5) is 17.5. The van der Waals surface area contributed by atoms with Crippen molar-refractivity contribution in [3.63, 3.8) is 0 Å². The first-order chi connectivity index (χ1) is 13.5. The van der Waals surface area contributed by atoms with Crippen LogP contribution in [0, 0.1) is 6.92 Å². The summed E-state index contributed by atoms with van der Waals surface area (Å²) in [5.74, 6) is 1.24. The predicted octanol–water partition coefficient (Wildman–Crippen LogP) is 5.21. The molecule has 28 heavy (non-hydrogen) atoms. The van der Waals surface area contributed by atoms with Gasteiger partial charge in [-0.05, 0) is 37.3 Å². The van der Waals surface area contributed by atoms with E-state index in [2.05, 4.69) is 35.9 Å². The minimum atomic E-state index is 0.291. The van der Waals surface area contributed by atoms with Gasteiger partial charge in [0.1, 0.15) is 5.82 Å². The highest BCUT2D eigenvalue weighted by atomic mass is 15.0. The molecule has 140 valence electrons. The molecule has 4 aromatic rings. The maximum Gasteiger partial charge on any atom is 0.109 e. The molecule has 3 aromatic heterocycles. The standard InChI is InChI=1S/C23H23N5/c1-14(2)23-27-21(22(28-23)20-9-4-6-15(3)26-20)17-8-5-7-16(12-17)19-11-10-18(24)13-25-19/h4-14H,24H2,1-3H3,(H,27,28). The zero-order valence-corrected chi connectivity index (χ0v) is 16.3. The normalized spacial score (nSPS) is 11.1. The van der Waals surface area contributed by atoms with E-state index in [-0.39, 0.29) is 0 Å². The van der Waals surface area contributed by atoms with Gasteiger partial charge in [0.15, 0.2) is 0 Å². The largest absolute Gasteiger partial charge is 0.397 e. The highest BCUT2D eigenvalue weighted by Gasteiger charge is 2.17. The van der Waals surface area contributed by atoms with Crippen LogP contribution in [0.5, 0.6) is 0 Å². The van der Waals surface area contributed by atoms with Gasteiger partial charge < -0.3 is 10.7 Å². The maximum absolute atomic E-state index is 5.77. The lowest BCUT2D eigenvalue weighted by atomic mass is 10.0. The Morgan fingerprint density at radius 2 is 1.68 bits per heavy atom. The molecule has 0 aliphatic carbocycles. The van der Waals surface area contributed by atoms with Crippen molar-refractivity contribution in [3.8, 4) is 33.9 Å². The number of nitrogens with two attached hydrogens (primary N) is 1. The third kappa shape index (κ3) is 3.51. The van der Waals surface area contributed by atoms with Crippen LogP contribution < -0.4 is 5.73 Å². The van der Waals surface area contributed by atoms with Crippen LogP contribution in [0.4, 0.5) is 5.69 Å². The molecule has 1 aromatic carbocycles. The Morgan fingerprint density at radius 3 is 2.39 bits per heavy atom. The number of nitrogen functional groups attached to an aromatic ring is 1. The molecule has 3 heterocycles. The van der Waals surface area contributed by atoms with Crippen LogP contribution in [0.3, 0.4) is 0 Å². The van der Waals surface area contributed by atoms with Crippen LogP contribution in [-0.2, 0) is 0 Å². The number of imidazole rings is 1. The number of aromatic nitrogens is 4. The van der Waals surface area contributed by atoms with E-state index >= 15 is 0 Å². The summed E-state index contributed by atoms with van der Waals surface area (Å²) < 4.78 is 0. The van der Waals surface area contributed by atoms with Gasteiger partial charge in [0.2, 0.25) is 0 Å². The molecule has 0 bridgehead atoms. The van der Waals surface area contributed by atoms with Gasteiger partial charge in [-0.3, -0.25) is 9.97 Å². The number of aryl methyl sites for hydroxylation is 1.